The predicted molar refractivity (Wildman–Crippen MR) is 93.8 cm³/mol. The van der Waals surface area contributed by atoms with Crippen LogP contribution in [0.25, 0.3) is 0 Å². The maximum atomic E-state index is 12.2. The number of nitrogens with zero attached hydrogens (tertiary/aromatic N) is 2. The minimum Gasteiger partial charge on any atom is -0.353 e. The van der Waals surface area contributed by atoms with Crippen LogP contribution < -0.4 is 5.32 Å². The van der Waals surface area contributed by atoms with Gasteiger partial charge in [-0.1, -0.05) is 6.07 Å². The molecular weight excluding hydrogens is 300 g/mol. The summed E-state index contributed by atoms with van der Waals surface area (Å²) >= 11 is 0. The highest BCUT2D eigenvalue weighted by molar-refractivity contribution is 5.76. The molecule has 2 heterocycles. The van der Waals surface area contributed by atoms with Crippen molar-refractivity contribution in [3.8, 4) is 0 Å². The molecule has 0 aromatic carbocycles. The molecule has 128 valence electrons. The van der Waals surface area contributed by atoms with Gasteiger partial charge in [0.1, 0.15) is 0 Å². The summed E-state index contributed by atoms with van der Waals surface area (Å²) in [5.74, 6) is 0.0867. The Bertz CT molecular complexity index is 707. The van der Waals surface area contributed by atoms with Gasteiger partial charge in [0, 0.05) is 42.9 Å². The number of hydrogen-bond donors (Lipinski definition) is 2. The molecule has 5 heteroatoms. The first-order chi connectivity index (χ1) is 11.6. The standard InChI is InChI=1S/C19H26N4O/c1-13-6-5-11-20-18(13)12-14(2)21-19(24)10-9-17-15-7-3-4-8-16(15)22-23-17/h5-6,11,14H,3-4,7-10,12H2,1-2H3,(H,21,24)(H,22,23)/t14-/m1/s1. The molecule has 0 unspecified atom stereocenters. The average molecular weight is 326 g/mol. The van der Waals surface area contributed by atoms with E-state index < -0.39 is 0 Å². The summed E-state index contributed by atoms with van der Waals surface area (Å²) < 4.78 is 0. The van der Waals surface area contributed by atoms with Crippen molar-refractivity contribution in [3.05, 3.63) is 46.5 Å². The van der Waals surface area contributed by atoms with Crippen molar-refractivity contribution in [3.63, 3.8) is 0 Å². The smallest absolute Gasteiger partial charge is 0.220 e. The number of carbonyl (C=O) groups excluding carboxylic acids is 1. The minimum atomic E-state index is 0.0826. The van der Waals surface area contributed by atoms with Crippen molar-refractivity contribution < 1.29 is 4.79 Å². The van der Waals surface area contributed by atoms with E-state index in [1.54, 1.807) is 6.20 Å². The molecule has 3 rings (SSSR count). The second-order valence-corrected chi connectivity index (χ2v) is 6.77. The van der Waals surface area contributed by atoms with E-state index in [0.717, 1.165) is 30.7 Å². The summed E-state index contributed by atoms with van der Waals surface area (Å²) in [6.45, 7) is 4.08. The average Bonchev–Trinajstić information content (AvgIpc) is 2.98. The highest BCUT2D eigenvalue weighted by atomic mass is 16.1. The van der Waals surface area contributed by atoms with Crippen molar-refractivity contribution in [2.24, 2.45) is 0 Å². The lowest BCUT2D eigenvalue weighted by atomic mass is 9.94. The number of hydrogen-bond acceptors (Lipinski definition) is 3. The van der Waals surface area contributed by atoms with Crippen LogP contribution in [0.15, 0.2) is 18.3 Å². The van der Waals surface area contributed by atoms with Crippen molar-refractivity contribution in [1.29, 1.82) is 0 Å². The highest BCUT2D eigenvalue weighted by Gasteiger charge is 2.18. The summed E-state index contributed by atoms with van der Waals surface area (Å²) in [5, 5.41) is 10.6. The Labute approximate surface area is 143 Å². The van der Waals surface area contributed by atoms with Crippen LogP contribution in [0.2, 0.25) is 0 Å². The van der Waals surface area contributed by atoms with E-state index in [9.17, 15) is 4.79 Å². The second-order valence-electron chi connectivity index (χ2n) is 6.77. The molecule has 0 bridgehead atoms. The monoisotopic (exact) mass is 326 g/mol. The Balaban J connectivity index is 1.49. The number of aromatic nitrogens is 3. The van der Waals surface area contributed by atoms with Gasteiger partial charge in [-0.2, -0.15) is 5.10 Å². The van der Waals surface area contributed by atoms with Gasteiger partial charge < -0.3 is 5.32 Å². The molecule has 0 saturated heterocycles. The number of carbonyl (C=O) groups is 1. The molecule has 0 spiro atoms. The number of aryl methyl sites for hydroxylation is 3. The first-order valence-corrected chi connectivity index (χ1v) is 8.88. The zero-order valence-corrected chi connectivity index (χ0v) is 14.6. The molecule has 1 aliphatic rings. The molecule has 0 radical (unpaired) electrons. The van der Waals surface area contributed by atoms with Gasteiger partial charge in [0.05, 0.1) is 5.69 Å². The fourth-order valence-electron chi connectivity index (χ4n) is 3.41. The van der Waals surface area contributed by atoms with Crippen LogP contribution in [0.4, 0.5) is 0 Å². The van der Waals surface area contributed by atoms with Crippen molar-refractivity contribution >= 4 is 5.91 Å². The molecule has 0 aliphatic heterocycles. The fraction of sp³-hybridized carbons (Fsp3) is 0.526. The van der Waals surface area contributed by atoms with Crippen LogP contribution in [0.5, 0.6) is 0 Å². The maximum Gasteiger partial charge on any atom is 0.220 e. The van der Waals surface area contributed by atoms with Crippen molar-refractivity contribution in [1.82, 2.24) is 20.5 Å². The van der Waals surface area contributed by atoms with Crippen molar-refractivity contribution in [2.75, 3.05) is 0 Å². The topological polar surface area (TPSA) is 70.7 Å². The molecule has 2 N–H and O–H groups in total. The first kappa shape index (κ1) is 16.7. The van der Waals surface area contributed by atoms with Gasteiger partial charge in [0.2, 0.25) is 5.91 Å². The summed E-state index contributed by atoms with van der Waals surface area (Å²) in [7, 11) is 0. The Kier molecular flexibility index (Phi) is 5.28. The van der Waals surface area contributed by atoms with Gasteiger partial charge in [-0.3, -0.25) is 14.9 Å². The van der Waals surface area contributed by atoms with Gasteiger partial charge in [0.15, 0.2) is 0 Å². The highest BCUT2D eigenvalue weighted by Crippen LogP contribution is 2.22. The van der Waals surface area contributed by atoms with Gasteiger partial charge in [-0.25, -0.2) is 0 Å². The predicted octanol–water partition coefficient (Wildman–Crippen LogP) is 2.67. The molecule has 1 atom stereocenters. The van der Waals surface area contributed by atoms with E-state index in [4.69, 9.17) is 0 Å². The van der Waals surface area contributed by atoms with Crippen LogP contribution in [0, 0.1) is 6.92 Å². The van der Waals surface area contributed by atoms with Crippen LogP contribution in [-0.4, -0.2) is 27.1 Å². The summed E-state index contributed by atoms with van der Waals surface area (Å²) in [6, 6.07) is 4.07. The fourth-order valence-corrected chi connectivity index (χ4v) is 3.41. The van der Waals surface area contributed by atoms with Gasteiger partial charge >= 0.3 is 0 Å². The number of nitrogens with one attached hydrogen (secondary N) is 2. The summed E-state index contributed by atoms with van der Waals surface area (Å²) in [4.78, 5) is 16.6. The van der Waals surface area contributed by atoms with E-state index in [0.29, 0.717) is 12.8 Å². The molecule has 1 aliphatic carbocycles. The molecule has 5 nitrogen and oxygen atoms in total. The lowest BCUT2D eigenvalue weighted by Gasteiger charge is -2.15. The second kappa shape index (κ2) is 7.60. The minimum absolute atomic E-state index is 0.0826. The maximum absolute atomic E-state index is 12.2. The Morgan fingerprint density at radius 2 is 2.17 bits per heavy atom. The number of fused-ring (bicyclic) bond motifs is 1. The molecule has 1 amide bonds. The van der Waals surface area contributed by atoms with E-state index in [-0.39, 0.29) is 11.9 Å². The Hall–Kier alpha value is -2.17. The normalized spacial score (nSPS) is 14.9. The lowest BCUT2D eigenvalue weighted by Crippen LogP contribution is -2.34. The molecule has 24 heavy (non-hydrogen) atoms. The van der Waals surface area contributed by atoms with Crippen LogP contribution >= 0.6 is 0 Å². The molecule has 2 aromatic rings. The molecule has 2 aromatic heterocycles. The van der Waals surface area contributed by atoms with Crippen LogP contribution in [0.3, 0.4) is 0 Å². The third-order valence-corrected chi connectivity index (χ3v) is 4.76. The largest absolute Gasteiger partial charge is 0.353 e. The van der Waals surface area contributed by atoms with Crippen LogP contribution in [-0.2, 0) is 30.5 Å². The zero-order valence-electron chi connectivity index (χ0n) is 14.6. The van der Waals surface area contributed by atoms with Crippen LogP contribution in [0.1, 0.15) is 54.4 Å². The van der Waals surface area contributed by atoms with Crippen molar-refractivity contribution in [2.45, 2.75) is 64.8 Å². The quantitative estimate of drug-likeness (QED) is 0.857. The Morgan fingerprint density at radius 1 is 1.33 bits per heavy atom. The third kappa shape index (κ3) is 4.02. The van der Waals surface area contributed by atoms with Gasteiger partial charge in [0.25, 0.3) is 0 Å². The number of amides is 1. The molecular formula is C19H26N4O. The SMILES string of the molecule is Cc1cccnc1C[C@@H](C)NC(=O)CCc1n[nH]c2c1CCCC2. The van der Waals surface area contributed by atoms with E-state index in [1.165, 1.54) is 29.7 Å². The number of aromatic amines is 1. The Morgan fingerprint density at radius 3 is 3.00 bits per heavy atom. The first-order valence-electron chi connectivity index (χ1n) is 8.88. The van der Waals surface area contributed by atoms with E-state index in [1.807, 2.05) is 13.0 Å². The molecule has 0 saturated carbocycles. The van der Waals surface area contributed by atoms with Gasteiger partial charge in [-0.15, -0.1) is 0 Å². The summed E-state index contributed by atoms with van der Waals surface area (Å²) in [5.41, 5.74) is 5.92. The lowest BCUT2D eigenvalue weighted by molar-refractivity contribution is -0.121. The van der Waals surface area contributed by atoms with Gasteiger partial charge in [-0.05, 0) is 56.7 Å². The van der Waals surface area contributed by atoms with E-state index in [2.05, 4.69) is 33.5 Å². The summed E-state index contributed by atoms with van der Waals surface area (Å²) in [6.07, 6.45) is 8.42. The molecule has 0 fully saturated rings. The third-order valence-electron chi connectivity index (χ3n) is 4.76. The number of pyridine rings is 1. The number of H-pyrrole nitrogens is 1. The number of rotatable bonds is 6. The zero-order chi connectivity index (χ0) is 16.9. The van der Waals surface area contributed by atoms with E-state index >= 15 is 0 Å².